The molecule has 0 amide bonds. The molecule has 0 bridgehead atoms. The third-order valence-electron chi connectivity index (χ3n) is 4.03. The van der Waals surface area contributed by atoms with E-state index in [9.17, 15) is 9.90 Å². The zero-order valence-electron chi connectivity index (χ0n) is 14.3. The Labute approximate surface area is 144 Å². The number of unbranched alkanes of at least 4 members (excludes halogenated alkanes) is 5. The molecule has 0 saturated heterocycles. The lowest BCUT2D eigenvalue weighted by molar-refractivity contribution is 0.103. The van der Waals surface area contributed by atoms with Crippen LogP contribution in [0, 0.1) is 0 Å². The standard InChI is InChI=1S/C21H26O3/c1-2-3-4-5-6-9-16-24-18-14-12-17(13-15-18)21(23)19-10-7-8-11-20(19)22/h7-8,10-15,22H,2-6,9,16H2,1H3. The molecule has 0 fully saturated rings. The summed E-state index contributed by atoms with van der Waals surface area (Å²) in [6, 6.07) is 13.7. The number of ketones is 1. The molecule has 0 heterocycles. The number of benzene rings is 2. The molecule has 0 unspecified atom stereocenters. The van der Waals surface area contributed by atoms with Gasteiger partial charge in [-0.15, -0.1) is 0 Å². The van der Waals surface area contributed by atoms with Crippen molar-refractivity contribution in [1.82, 2.24) is 0 Å². The van der Waals surface area contributed by atoms with Crippen LogP contribution in [0.25, 0.3) is 0 Å². The maximum atomic E-state index is 12.4. The van der Waals surface area contributed by atoms with Gasteiger partial charge in [0.15, 0.2) is 5.78 Å². The second-order valence-corrected chi connectivity index (χ2v) is 5.99. The Morgan fingerprint density at radius 1 is 0.917 bits per heavy atom. The SMILES string of the molecule is CCCCCCCCOc1ccc(C(=O)c2ccccc2O)cc1. The molecule has 128 valence electrons. The van der Waals surface area contributed by atoms with Gasteiger partial charge in [-0.05, 0) is 42.8 Å². The van der Waals surface area contributed by atoms with E-state index in [2.05, 4.69) is 6.92 Å². The maximum absolute atomic E-state index is 12.4. The van der Waals surface area contributed by atoms with Crippen LogP contribution in [-0.4, -0.2) is 17.5 Å². The fraction of sp³-hybridized carbons (Fsp3) is 0.381. The molecule has 2 rings (SSSR count). The quantitative estimate of drug-likeness (QED) is 0.472. The summed E-state index contributed by atoms with van der Waals surface area (Å²) < 4.78 is 5.72. The molecule has 2 aromatic carbocycles. The van der Waals surface area contributed by atoms with Crippen LogP contribution in [0.5, 0.6) is 11.5 Å². The number of aromatic hydroxyl groups is 1. The fourth-order valence-corrected chi connectivity index (χ4v) is 2.60. The molecular formula is C21H26O3. The normalized spacial score (nSPS) is 10.5. The molecule has 0 aliphatic rings. The number of rotatable bonds is 10. The predicted molar refractivity (Wildman–Crippen MR) is 96.9 cm³/mol. The van der Waals surface area contributed by atoms with E-state index in [1.807, 2.05) is 12.1 Å². The summed E-state index contributed by atoms with van der Waals surface area (Å²) in [6.45, 7) is 2.93. The summed E-state index contributed by atoms with van der Waals surface area (Å²) in [5, 5.41) is 9.77. The number of hydrogen-bond donors (Lipinski definition) is 1. The van der Waals surface area contributed by atoms with Gasteiger partial charge in [0.1, 0.15) is 11.5 Å². The van der Waals surface area contributed by atoms with Gasteiger partial charge >= 0.3 is 0 Å². The molecule has 24 heavy (non-hydrogen) atoms. The Morgan fingerprint density at radius 3 is 2.29 bits per heavy atom. The Hall–Kier alpha value is -2.29. The largest absolute Gasteiger partial charge is 0.507 e. The molecule has 0 aliphatic heterocycles. The first-order valence-corrected chi connectivity index (χ1v) is 8.78. The molecule has 0 spiro atoms. The van der Waals surface area contributed by atoms with E-state index in [0.717, 1.165) is 12.2 Å². The van der Waals surface area contributed by atoms with Gasteiger partial charge in [0.2, 0.25) is 0 Å². The average molecular weight is 326 g/mol. The highest BCUT2D eigenvalue weighted by Gasteiger charge is 2.12. The molecule has 3 nitrogen and oxygen atoms in total. The first kappa shape index (κ1) is 18.1. The Morgan fingerprint density at radius 2 is 1.58 bits per heavy atom. The van der Waals surface area contributed by atoms with Crippen molar-refractivity contribution in [3.8, 4) is 11.5 Å². The molecule has 0 aromatic heterocycles. The van der Waals surface area contributed by atoms with Gasteiger partial charge in [-0.2, -0.15) is 0 Å². The van der Waals surface area contributed by atoms with Crippen LogP contribution in [-0.2, 0) is 0 Å². The lowest BCUT2D eigenvalue weighted by atomic mass is 10.0. The Balaban J connectivity index is 1.81. The third-order valence-corrected chi connectivity index (χ3v) is 4.03. The van der Waals surface area contributed by atoms with Crippen molar-refractivity contribution < 1.29 is 14.6 Å². The van der Waals surface area contributed by atoms with Crippen LogP contribution < -0.4 is 4.74 Å². The van der Waals surface area contributed by atoms with Gasteiger partial charge in [-0.25, -0.2) is 0 Å². The van der Waals surface area contributed by atoms with Crippen molar-refractivity contribution >= 4 is 5.78 Å². The van der Waals surface area contributed by atoms with E-state index in [4.69, 9.17) is 4.74 Å². The molecule has 0 radical (unpaired) electrons. The lowest BCUT2D eigenvalue weighted by Crippen LogP contribution is -2.02. The van der Waals surface area contributed by atoms with Gasteiger partial charge in [0.25, 0.3) is 0 Å². The van der Waals surface area contributed by atoms with Crippen LogP contribution in [0.3, 0.4) is 0 Å². The fourth-order valence-electron chi connectivity index (χ4n) is 2.60. The summed E-state index contributed by atoms with van der Waals surface area (Å²) in [5.74, 6) is 0.596. The topological polar surface area (TPSA) is 46.5 Å². The second kappa shape index (κ2) is 9.76. The Bertz CT molecular complexity index is 632. The van der Waals surface area contributed by atoms with Gasteiger partial charge in [-0.3, -0.25) is 4.79 Å². The predicted octanol–water partition coefficient (Wildman–Crippen LogP) is 5.36. The highest BCUT2D eigenvalue weighted by atomic mass is 16.5. The number of carbonyl (C=O) groups is 1. The van der Waals surface area contributed by atoms with E-state index in [-0.39, 0.29) is 11.5 Å². The van der Waals surface area contributed by atoms with Crippen LogP contribution >= 0.6 is 0 Å². The molecule has 1 N–H and O–H groups in total. The van der Waals surface area contributed by atoms with Crippen molar-refractivity contribution in [3.05, 3.63) is 59.7 Å². The van der Waals surface area contributed by atoms with Gasteiger partial charge in [0, 0.05) is 5.56 Å². The van der Waals surface area contributed by atoms with Crippen molar-refractivity contribution in [3.63, 3.8) is 0 Å². The minimum atomic E-state index is -0.185. The zero-order valence-corrected chi connectivity index (χ0v) is 14.3. The average Bonchev–Trinajstić information content (AvgIpc) is 2.61. The summed E-state index contributed by atoms with van der Waals surface area (Å²) in [6.07, 6.45) is 7.41. The lowest BCUT2D eigenvalue weighted by Gasteiger charge is -2.08. The molecule has 0 aliphatic carbocycles. The zero-order chi connectivity index (χ0) is 17.2. The van der Waals surface area contributed by atoms with Gasteiger partial charge in [0.05, 0.1) is 12.2 Å². The molecule has 2 aromatic rings. The number of para-hydroxylation sites is 1. The first-order chi connectivity index (χ1) is 11.7. The highest BCUT2D eigenvalue weighted by molar-refractivity contribution is 6.10. The highest BCUT2D eigenvalue weighted by Crippen LogP contribution is 2.21. The third kappa shape index (κ3) is 5.41. The minimum absolute atomic E-state index is 0.00546. The first-order valence-electron chi connectivity index (χ1n) is 8.78. The van der Waals surface area contributed by atoms with E-state index in [1.54, 1.807) is 30.3 Å². The minimum Gasteiger partial charge on any atom is -0.507 e. The van der Waals surface area contributed by atoms with Crippen LogP contribution in [0.4, 0.5) is 0 Å². The van der Waals surface area contributed by atoms with Crippen LogP contribution in [0.2, 0.25) is 0 Å². The van der Waals surface area contributed by atoms with E-state index >= 15 is 0 Å². The Kier molecular flexibility index (Phi) is 7.34. The number of phenols is 1. The van der Waals surface area contributed by atoms with E-state index in [1.165, 1.54) is 38.2 Å². The van der Waals surface area contributed by atoms with Gasteiger partial charge in [-0.1, -0.05) is 51.2 Å². The van der Waals surface area contributed by atoms with Crippen molar-refractivity contribution in [2.24, 2.45) is 0 Å². The maximum Gasteiger partial charge on any atom is 0.196 e. The molecule has 3 heteroatoms. The summed E-state index contributed by atoms with van der Waals surface area (Å²) in [5.41, 5.74) is 0.863. The number of phenolic OH excluding ortho intramolecular Hbond substituents is 1. The van der Waals surface area contributed by atoms with Crippen molar-refractivity contribution in [2.75, 3.05) is 6.61 Å². The molecule has 0 atom stereocenters. The monoisotopic (exact) mass is 326 g/mol. The smallest absolute Gasteiger partial charge is 0.196 e. The molecular weight excluding hydrogens is 300 g/mol. The van der Waals surface area contributed by atoms with Gasteiger partial charge < -0.3 is 9.84 Å². The number of hydrogen-bond acceptors (Lipinski definition) is 3. The number of ether oxygens (including phenoxy) is 1. The summed E-state index contributed by atoms with van der Waals surface area (Å²) in [7, 11) is 0. The van der Waals surface area contributed by atoms with E-state index in [0.29, 0.717) is 17.7 Å². The van der Waals surface area contributed by atoms with Crippen LogP contribution in [0.15, 0.2) is 48.5 Å². The second-order valence-electron chi connectivity index (χ2n) is 5.99. The van der Waals surface area contributed by atoms with E-state index < -0.39 is 0 Å². The van der Waals surface area contributed by atoms with Crippen molar-refractivity contribution in [2.45, 2.75) is 45.4 Å². The van der Waals surface area contributed by atoms with Crippen molar-refractivity contribution in [1.29, 1.82) is 0 Å². The van der Waals surface area contributed by atoms with Crippen LogP contribution in [0.1, 0.15) is 61.4 Å². The summed E-state index contributed by atoms with van der Waals surface area (Å²) >= 11 is 0. The molecule has 0 saturated carbocycles. The number of carbonyl (C=O) groups excluding carboxylic acids is 1. The summed E-state index contributed by atoms with van der Waals surface area (Å²) in [4.78, 5) is 12.4.